The number of rotatable bonds is 1. The van der Waals surface area contributed by atoms with E-state index in [-0.39, 0.29) is 23.4 Å². The van der Waals surface area contributed by atoms with Crippen LogP contribution in [-0.4, -0.2) is 36.5 Å². The number of hydrogen-bond acceptors (Lipinski definition) is 4. The molecule has 2 amide bonds. The second-order valence-electron chi connectivity index (χ2n) is 7.15. The number of carbonyl (C=O) groups is 4. The topological polar surface area (TPSA) is 74.8 Å². The van der Waals surface area contributed by atoms with E-state index < -0.39 is 0 Å². The number of nitrogens with zero attached hydrogens (tertiary/aromatic N) is 2. The maximum atomic E-state index is 12.4. The molecule has 6 heteroatoms. The van der Waals surface area contributed by atoms with Crippen LogP contribution >= 0.6 is 0 Å². The predicted octanol–water partition coefficient (Wildman–Crippen LogP) is 3.23. The van der Waals surface area contributed by atoms with E-state index in [1.807, 2.05) is 12.1 Å². The molecule has 142 valence electrons. The monoisotopic (exact) mass is 376 g/mol. The molecular weight excluding hydrogens is 356 g/mol. The summed E-state index contributed by atoms with van der Waals surface area (Å²) in [7, 11) is 0. The second kappa shape index (κ2) is 6.71. The van der Waals surface area contributed by atoms with E-state index in [1.165, 1.54) is 13.8 Å². The van der Waals surface area contributed by atoms with Crippen LogP contribution in [0.2, 0.25) is 0 Å². The fourth-order valence-electron chi connectivity index (χ4n) is 3.94. The molecule has 0 bridgehead atoms. The first-order chi connectivity index (χ1) is 13.4. The molecule has 0 atom stereocenters. The summed E-state index contributed by atoms with van der Waals surface area (Å²) in [4.78, 5) is 51.7. The van der Waals surface area contributed by atoms with Crippen LogP contribution in [0.3, 0.4) is 0 Å². The van der Waals surface area contributed by atoms with E-state index in [9.17, 15) is 19.2 Å². The molecule has 2 aromatic rings. The summed E-state index contributed by atoms with van der Waals surface area (Å²) >= 11 is 0. The molecule has 2 heterocycles. The van der Waals surface area contributed by atoms with Crippen LogP contribution in [0.4, 0.5) is 11.4 Å². The Morgan fingerprint density at radius 1 is 0.714 bits per heavy atom. The summed E-state index contributed by atoms with van der Waals surface area (Å²) in [6.07, 6.45) is 0.596. The van der Waals surface area contributed by atoms with Gasteiger partial charge in [-0.1, -0.05) is 12.1 Å². The van der Waals surface area contributed by atoms with Crippen LogP contribution in [-0.2, 0) is 9.59 Å². The Kier molecular flexibility index (Phi) is 4.34. The molecular formula is C22H20N2O4. The average molecular weight is 376 g/mol. The highest BCUT2D eigenvalue weighted by Crippen LogP contribution is 2.35. The third-order valence-corrected chi connectivity index (χ3v) is 5.39. The molecule has 0 spiro atoms. The standard InChI is InChI=1S/C22H20N2O4/c1-13(25)23-9-7-21(27)17-11-15(3-5-19(17)23)16-4-6-20-18(12-16)22(28)8-10-24(20)14(2)26/h3-6,11-12H,7-10H2,1-2H3. The third-order valence-electron chi connectivity index (χ3n) is 5.39. The quantitative estimate of drug-likeness (QED) is 0.766. The van der Waals surface area contributed by atoms with Crippen molar-refractivity contribution in [2.24, 2.45) is 0 Å². The second-order valence-corrected chi connectivity index (χ2v) is 7.15. The Morgan fingerprint density at radius 2 is 1.11 bits per heavy atom. The fraction of sp³-hybridized carbons (Fsp3) is 0.273. The van der Waals surface area contributed by atoms with Crippen molar-refractivity contribution in [1.29, 1.82) is 0 Å². The van der Waals surface area contributed by atoms with Crippen molar-refractivity contribution in [2.75, 3.05) is 22.9 Å². The maximum Gasteiger partial charge on any atom is 0.223 e. The van der Waals surface area contributed by atoms with Gasteiger partial charge in [-0.3, -0.25) is 19.2 Å². The zero-order chi connectivity index (χ0) is 20.0. The van der Waals surface area contributed by atoms with Gasteiger partial charge in [0.1, 0.15) is 0 Å². The van der Waals surface area contributed by atoms with Gasteiger partial charge >= 0.3 is 0 Å². The van der Waals surface area contributed by atoms with Crippen molar-refractivity contribution in [2.45, 2.75) is 26.7 Å². The van der Waals surface area contributed by atoms with Gasteiger partial charge in [-0.2, -0.15) is 0 Å². The first-order valence-electron chi connectivity index (χ1n) is 9.28. The van der Waals surface area contributed by atoms with Crippen LogP contribution in [0.1, 0.15) is 47.4 Å². The highest BCUT2D eigenvalue weighted by Gasteiger charge is 2.28. The minimum absolute atomic E-state index is 0.00569. The van der Waals surface area contributed by atoms with Crippen LogP contribution in [0, 0.1) is 0 Å². The molecule has 2 aliphatic rings. The summed E-state index contributed by atoms with van der Waals surface area (Å²) < 4.78 is 0. The molecule has 0 saturated carbocycles. The van der Waals surface area contributed by atoms with E-state index in [0.29, 0.717) is 48.4 Å². The molecule has 0 fully saturated rings. The number of hydrogen-bond donors (Lipinski definition) is 0. The van der Waals surface area contributed by atoms with Gasteiger partial charge in [0.2, 0.25) is 11.8 Å². The van der Waals surface area contributed by atoms with Gasteiger partial charge in [0.25, 0.3) is 0 Å². The van der Waals surface area contributed by atoms with Crippen LogP contribution in [0.25, 0.3) is 11.1 Å². The van der Waals surface area contributed by atoms with Crippen molar-refractivity contribution in [3.8, 4) is 11.1 Å². The summed E-state index contributed by atoms with van der Waals surface area (Å²) in [5.74, 6) is -0.173. The summed E-state index contributed by atoms with van der Waals surface area (Å²) in [5, 5.41) is 0. The first kappa shape index (κ1) is 18.1. The molecule has 0 aliphatic carbocycles. The smallest absolute Gasteiger partial charge is 0.223 e. The van der Waals surface area contributed by atoms with E-state index >= 15 is 0 Å². The molecule has 0 radical (unpaired) electrons. The van der Waals surface area contributed by atoms with E-state index in [2.05, 4.69) is 0 Å². The zero-order valence-electron chi connectivity index (χ0n) is 15.8. The van der Waals surface area contributed by atoms with E-state index in [1.54, 1.807) is 34.1 Å². The summed E-state index contributed by atoms with van der Waals surface area (Å²) in [5.41, 5.74) is 3.90. The van der Waals surface area contributed by atoms with E-state index in [0.717, 1.165) is 11.1 Å². The summed E-state index contributed by atoms with van der Waals surface area (Å²) in [6, 6.07) is 10.8. The van der Waals surface area contributed by atoms with Crippen molar-refractivity contribution >= 4 is 34.8 Å². The molecule has 0 N–H and O–H groups in total. The minimum atomic E-state index is -0.0924. The lowest BCUT2D eigenvalue weighted by atomic mass is 9.92. The van der Waals surface area contributed by atoms with Crippen molar-refractivity contribution in [1.82, 2.24) is 0 Å². The number of carbonyl (C=O) groups excluding carboxylic acids is 4. The Morgan fingerprint density at radius 3 is 1.46 bits per heavy atom. The van der Waals surface area contributed by atoms with Gasteiger partial charge in [0, 0.05) is 50.9 Å². The maximum absolute atomic E-state index is 12.4. The van der Waals surface area contributed by atoms with Crippen molar-refractivity contribution in [3.63, 3.8) is 0 Å². The number of fused-ring (bicyclic) bond motifs is 2. The van der Waals surface area contributed by atoms with Crippen molar-refractivity contribution < 1.29 is 19.2 Å². The van der Waals surface area contributed by atoms with Gasteiger partial charge in [0.05, 0.1) is 11.4 Å². The van der Waals surface area contributed by atoms with Crippen LogP contribution < -0.4 is 9.80 Å². The number of ketones is 2. The minimum Gasteiger partial charge on any atom is -0.311 e. The summed E-state index contributed by atoms with van der Waals surface area (Å²) in [6.45, 7) is 3.77. The molecule has 28 heavy (non-hydrogen) atoms. The normalized spacial score (nSPS) is 15.9. The van der Waals surface area contributed by atoms with Crippen molar-refractivity contribution in [3.05, 3.63) is 47.5 Å². The number of benzene rings is 2. The Bertz CT molecular complexity index is 957. The van der Waals surface area contributed by atoms with Gasteiger partial charge in [-0.25, -0.2) is 0 Å². The van der Waals surface area contributed by atoms with Gasteiger partial charge < -0.3 is 9.80 Å². The molecule has 6 nitrogen and oxygen atoms in total. The molecule has 0 saturated heterocycles. The third kappa shape index (κ3) is 2.91. The molecule has 0 aromatic heterocycles. The van der Waals surface area contributed by atoms with Crippen LogP contribution in [0.5, 0.6) is 0 Å². The predicted molar refractivity (Wildman–Crippen MR) is 106 cm³/mol. The lowest BCUT2D eigenvalue weighted by molar-refractivity contribution is -0.117. The molecule has 0 unspecified atom stereocenters. The highest BCUT2D eigenvalue weighted by atomic mass is 16.2. The lowest BCUT2D eigenvalue weighted by Crippen LogP contribution is -2.35. The van der Waals surface area contributed by atoms with Crippen LogP contribution in [0.15, 0.2) is 36.4 Å². The molecule has 4 rings (SSSR count). The zero-order valence-corrected chi connectivity index (χ0v) is 15.8. The molecule has 2 aromatic carbocycles. The lowest BCUT2D eigenvalue weighted by Gasteiger charge is -2.29. The fourth-order valence-corrected chi connectivity index (χ4v) is 3.94. The SMILES string of the molecule is CC(=O)N1CCC(=O)c2cc(-c3ccc4c(c3)C(=O)CCN4C(C)=O)ccc21. The van der Waals surface area contributed by atoms with E-state index in [4.69, 9.17) is 0 Å². The number of amides is 2. The Balaban J connectivity index is 1.79. The van der Waals surface area contributed by atoms with Gasteiger partial charge in [0.15, 0.2) is 11.6 Å². The highest BCUT2D eigenvalue weighted by molar-refractivity contribution is 6.10. The number of anilines is 2. The van der Waals surface area contributed by atoms with Gasteiger partial charge in [-0.05, 0) is 35.4 Å². The Labute approximate surface area is 162 Å². The average Bonchev–Trinajstić information content (AvgIpc) is 2.67. The van der Waals surface area contributed by atoms with Gasteiger partial charge in [-0.15, -0.1) is 0 Å². The molecule has 2 aliphatic heterocycles. The largest absolute Gasteiger partial charge is 0.311 e. The Hall–Kier alpha value is -3.28. The number of Topliss-reactive ketones (excluding diaryl/α,β-unsaturated/α-hetero) is 2. The first-order valence-corrected chi connectivity index (χ1v) is 9.28.